The van der Waals surface area contributed by atoms with E-state index >= 15 is 0 Å². The van der Waals surface area contributed by atoms with E-state index in [9.17, 15) is 9.90 Å². The molecule has 0 saturated carbocycles. The zero-order valence-corrected chi connectivity index (χ0v) is 9.53. The lowest BCUT2D eigenvalue weighted by Gasteiger charge is -1.95. The van der Waals surface area contributed by atoms with Gasteiger partial charge in [-0.15, -0.1) is 0 Å². The summed E-state index contributed by atoms with van der Waals surface area (Å²) in [5.41, 5.74) is 1.72. The second-order valence-electron chi connectivity index (χ2n) is 3.67. The van der Waals surface area contributed by atoms with E-state index in [1.54, 1.807) is 23.6 Å². The number of ketones is 1. The minimum absolute atomic E-state index is 0.0874. The van der Waals surface area contributed by atoms with Crippen LogP contribution in [-0.2, 0) is 0 Å². The number of furan rings is 1. The van der Waals surface area contributed by atoms with Gasteiger partial charge < -0.3 is 9.52 Å². The summed E-state index contributed by atoms with van der Waals surface area (Å²) in [6, 6.07) is 6.49. The summed E-state index contributed by atoms with van der Waals surface area (Å²) >= 11 is 1.47. The molecule has 1 N–H and O–H groups in total. The molecular weight excluding hydrogens is 236 g/mol. The minimum Gasteiger partial charge on any atom is -0.508 e. The molecule has 4 heteroatoms. The standard InChI is InChI=1S/C13H8O3S/c14-9-1-2-12-10(5-9)11(6-16-12)13(15)8-3-4-17-7-8/h1-7,14H. The van der Waals surface area contributed by atoms with Crippen LogP contribution in [-0.4, -0.2) is 10.9 Å². The molecule has 0 aliphatic heterocycles. The highest BCUT2D eigenvalue weighted by molar-refractivity contribution is 7.08. The van der Waals surface area contributed by atoms with Gasteiger partial charge in [0.25, 0.3) is 0 Å². The Labute approximate surface area is 101 Å². The highest BCUT2D eigenvalue weighted by Crippen LogP contribution is 2.27. The van der Waals surface area contributed by atoms with Crippen molar-refractivity contribution in [1.82, 2.24) is 0 Å². The number of carbonyl (C=O) groups is 1. The molecule has 0 fully saturated rings. The third kappa shape index (κ3) is 1.62. The first-order chi connectivity index (χ1) is 8.25. The highest BCUT2D eigenvalue weighted by atomic mass is 32.1. The lowest BCUT2D eigenvalue weighted by molar-refractivity contribution is 0.104. The Balaban J connectivity index is 2.18. The van der Waals surface area contributed by atoms with Crippen LogP contribution in [0.5, 0.6) is 5.75 Å². The second-order valence-corrected chi connectivity index (χ2v) is 4.45. The van der Waals surface area contributed by atoms with Crippen molar-refractivity contribution in [3.05, 3.63) is 52.4 Å². The van der Waals surface area contributed by atoms with Crippen LogP contribution >= 0.6 is 11.3 Å². The molecule has 0 aliphatic carbocycles. The fourth-order valence-electron chi connectivity index (χ4n) is 1.74. The van der Waals surface area contributed by atoms with Crippen molar-refractivity contribution in [1.29, 1.82) is 0 Å². The summed E-state index contributed by atoms with van der Waals surface area (Å²) in [6.07, 6.45) is 1.43. The van der Waals surface area contributed by atoms with Gasteiger partial charge >= 0.3 is 0 Å². The lowest BCUT2D eigenvalue weighted by Crippen LogP contribution is -1.97. The van der Waals surface area contributed by atoms with E-state index in [1.807, 2.05) is 5.38 Å². The van der Waals surface area contributed by atoms with Gasteiger partial charge in [-0.3, -0.25) is 4.79 Å². The molecular formula is C13H8O3S. The molecule has 3 rings (SSSR count). The van der Waals surface area contributed by atoms with Crippen LogP contribution in [0.25, 0.3) is 11.0 Å². The first-order valence-electron chi connectivity index (χ1n) is 5.03. The lowest BCUT2D eigenvalue weighted by atomic mass is 10.1. The molecule has 0 bridgehead atoms. The van der Waals surface area contributed by atoms with Crippen molar-refractivity contribution >= 4 is 28.1 Å². The number of fused-ring (bicyclic) bond motifs is 1. The topological polar surface area (TPSA) is 50.4 Å². The number of thiophene rings is 1. The van der Waals surface area contributed by atoms with E-state index < -0.39 is 0 Å². The molecule has 84 valence electrons. The maximum atomic E-state index is 12.2. The number of benzene rings is 1. The Kier molecular flexibility index (Phi) is 2.23. The number of phenolic OH excluding ortho intramolecular Hbond substituents is 1. The number of rotatable bonds is 2. The number of hydrogen-bond donors (Lipinski definition) is 1. The molecule has 17 heavy (non-hydrogen) atoms. The summed E-state index contributed by atoms with van der Waals surface area (Å²) in [4.78, 5) is 12.2. The molecule has 1 aromatic carbocycles. The molecule has 0 amide bonds. The Morgan fingerprint density at radius 3 is 2.94 bits per heavy atom. The minimum atomic E-state index is -0.0874. The van der Waals surface area contributed by atoms with Gasteiger partial charge in [0.05, 0.1) is 5.56 Å². The highest BCUT2D eigenvalue weighted by Gasteiger charge is 2.16. The Morgan fingerprint density at radius 2 is 2.18 bits per heavy atom. The van der Waals surface area contributed by atoms with Gasteiger partial charge in [-0.1, -0.05) is 0 Å². The van der Waals surface area contributed by atoms with Crippen LogP contribution in [0.2, 0.25) is 0 Å². The molecule has 2 heterocycles. The smallest absolute Gasteiger partial charge is 0.197 e. The maximum absolute atomic E-state index is 12.2. The van der Waals surface area contributed by atoms with Gasteiger partial charge in [-0.05, 0) is 29.6 Å². The summed E-state index contributed by atoms with van der Waals surface area (Å²) in [5, 5.41) is 13.7. The number of hydrogen-bond acceptors (Lipinski definition) is 4. The average Bonchev–Trinajstić information content (AvgIpc) is 2.97. The van der Waals surface area contributed by atoms with Crippen molar-refractivity contribution in [2.24, 2.45) is 0 Å². The monoisotopic (exact) mass is 244 g/mol. The SMILES string of the molecule is O=C(c1ccsc1)c1coc2ccc(O)cc12. The van der Waals surface area contributed by atoms with Crippen LogP contribution in [0, 0.1) is 0 Å². The van der Waals surface area contributed by atoms with Gasteiger partial charge in [0, 0.05) is 16.3 Å². The Hall–Kier alpha value is -2.07. The van der Waals surface area contributed by atoms with E-state index in [0.29, 0.717) is 22.1 Å². The van der Waals surface area contributed by atoms with E-state index in [4.69, 9.17) is 4.42 Å². The van der Waals surface area contributed by atoms with Gasteiger partial charge in [-0.2, -0.15) is 11.3 Å². The van der Waals surface area contributed by atoms with E-state index in [0.717, 1.165) is 0 Å². The summed E-state index contributed by atoms with van der Waals surface area (Å²) in [5.74, 6) is 0.0360. The molecule has 2 aromatic heterocycles. The second kappa shape index (κ2) is 3.75. The first-order valence-corrected chi connectivity index (χ1v) is 5.97. The molecule has 0 atom stereocenters. The van der Waals surface area contributed by atoms with E-state index in [2.05, 4.69) is 0 Å². The zero-order chi connectivity index (χ0) is 11.8. The van der Waals surface area contributed by atoms with Crippen LogP contribution in [0.3, 0.4) is 0 Å². The average molecular weight is 244 g/mol. The fraction of sp³-hybridized carbons (Fsp3) is 0. The third-order valence-corrected chi connectivity index (χ3v) is 3.27. The molecule has 0 aliphatic rings. The van der Waals surface area contributed by atoms with Crippen molar-refractivity contribution in [3.8, 4) is 5.75 Å². The molecule has 0 saturated heterocycles. The first kappa shape index (κ1) is 10.1. The van der Waals surface area contributed by atoms with Crippen molar-refractivity contribution in [2.75, 3.05) is 0 Å². The van der Waals surface area contributed by atoms with Crippen LogP contribution in [0.1, 0.15) is 15.9 Å². The summed E-state index contributed by atoms with van der Waals surface area (Å²) in [6.45, 7) is 0. The van der Waals surface area contributed by atoms with Gasteiger partial charge in [0.15, 0.2) is 5.78 Å². The zero-order valence-electron chi connectivity index (χ0n) is 8.71. The summed E-state index contributed by atoms with van der Waals surface area (Å²) in [7, 11) is 0. The number of phenols is 1. The molecule has 0 spiro atoms. The maximum Gasteiger partial charge on any atom is 0.197 e. The quantitative estimate of drug-likeness (QED) is 0.702. The fourth-order valence-corrected chi connectivity index (χ4v) is 2.38. The van der Waals surface area contributed by atoms with Gasteiger partial charge in [-0.25, -0.2) is 0 Å². The number of aromatic hydroxyl groups is 1. The molecule has 0 radical (unpaired) electrons. The van der Waals surface area contributed by atoms with E-state index in [-0.39, 0.29) is 11.5 Å². The van der Waals surface area contributed by atoms with Crippen molar-refractivity contribution in [3.63, 3.8) is 0 Å². The third-order valence-electron chi connectivity index (χ3n) is 2.59. The van der Waals surface area contributed by atoms with Crippen LogP contribution < -0.4 is 0 Å². The Morgan fingerprint density at radius 1 is 1.29 bits per heavy atom. The van der Waals surface area contributed by atoms with Gasteiger partial charge in [0.1, 0.15) is 17.6 Å². The van der Waals surface area contributed by atoms with Crippen LogP contribution in [0.15, 0.2) is 45.7 Å². The largest absolute Gasteiger partial charge is 0.508 e. The Bertz CT molecular complexity index is 680. The van der Waals surface area contributed by atoms with Crippen LogP contribution in [0.4, 0.5) is 0 Å². The summed E-state index contributed by atoms with van der Waals surface area (Å²) < 4.78 is 5.29. The normalized spacial score (nSPS) is 10.8. The van der Waals surface area contributed by atoms with E-state index in [1.165, 1.54) is 23.7 Å². The predicted molar refractivity (Wildman–Crippen MR) is 65.6 cm³/mol. The molecule has 3 nitrogen and oxygen atoms in total. The van der Waals surface area contributed by atoms with Crippen molar-refractivity contribution in [2.45, 2.75) is 0 Å². The van der Waals surface area contributed by atoms with Crippen molar-refractivity contribution < 1.29 is 14.3 Å². The predicted octanol–water partition coefficient (Wildman–Crippen LogP) is 3.43. The molecule has 3 aromatic rings. The van der Waals surface area contributed by atoms with Gasteiger partial charge in [0.2, 0.25) is 0 Å². The number of carbonyl (C=O) groups excluding carboxylic acids is 1. The molecule has 0 unspecified atom stereocenters.